The first-order valence-corrected chi connectivity index (χ1v) is 17.1. The Balaban J connectivity index is 1.18. The van der Waals surface area contributed by atoms with E-state index in [1.165, 1.54) is 36.2 Å². The van der Waals surface area contributed by atoms with Gasteiger partial charge in [0, 0.05) is 61.9 Å². The van der Waals surface area contributed by atoms with Gasteiger partial charge >= 0.3 is 11.9 Å². The molecule has 0 saturated carbocycles. The fourth-order valence-corrected chi connectivity index (χ4v) is 7.90. The standard InChI is InChI=1S/C41H42N4O6/c1-28-36(39(46)47)41(3,33-15-10-16-35(27-33)45(50)51)37(40(48)49)29(2)44(28)22-21-30-17-19-34(20-18-30)42-23-25-43(26-24-42)38(31-11-6-4-7-12-31)32-13-8-5-9-14-32/h4-20,27,38H,21-26H2,1-3H3,(H,46,47)(H,48,49). The van der Waals surface area contributed by atoms with Gasteiger partial charge in [-0.2, -0.15) is 0 Å². The average molecular weight is 687 g/mol. The topological polar surface area (TPSA) is 127 Å². The molecule has 10 nitrogen and oxygen atoms in total. The van der Waals surface area contributed by atoms with Crippen molar-refractivity contribution in [1.82, 2.24) is 9.80 Å². The molecule has 0 unspecified atom stereocenters. The Morgan fingerprint density at radius 1 is 0.765 bits per heavy atom. The lowest BCUT2D eigenvalue weighted by atomic mass is 9.66. The van der Waals surface area contributed by atoms with E-state index in [1.807, 2.05) is 0 Å². The minimum Gasteiger partial charge on any atom is -0.478 e. The molecule has 2 aliphatic rings. The van der Waals surface area contributed by atoms with Crippen molar-refractivity contribution >= 4 is 23.3 Å². The van der Waals surface area contributed by atoms with E-state index in [9.17, 15) is 29.9 Å². The molecule has 1 saturated heterocycles. The average Bonchev–Trinajstić information content (AvgIpc) is 3.13. The summed E-state index contributed by atoms with van der Waals surface area (Å²) in [7, 11) is 0. The minimum absolute atomic E-state index is 0.123. The first kappa shape index (κ1) is 35.1. The van der Waals surface area contributed by atoms with Crippen molar-refractivity contribution in [1.29, 1.82) is 0 Å². The highest BCUT2D eigenvalue weighted by Gasteiger charge is 2.49. The molecule has 0 bridgehead atoms. The van der Waals surface area contributed by atoms with E-state index >= 15 is 0 Å². The number of carbonyl (C=O) groups is 2. The number of nitro benzene ring substituents is 1. The molecule has 51 heavy (non-hydrogen) atoms. The maximum atomic E-state index is 12.8. The molecule has 262 valence electrons. The largest absolute Gasteiger partial charge is 0.478 e. The van der Waals surface area contributed by atoms with E-state index < -0.39 is 22.3 Å². The monoisotopic (exact) mass is 686 g/mol. The predicted molar refractivity (Wildman–Crippen MR) is 196 cm³/mol. The van der Waals surface area contributed by atoms with Crippen LogP contribution < -0.4 is 4.90 Å². The number of nitrogens with zero attached hydrogens (tertiary/aromatic N) is 4. The van der Waals surface area contributed by atoms with Crippen LogP contribution >= 0.6 is 0 Å². The molecule has 0 spiro atoms. The second-order valence-electron chi connectivity index (χ2n) is 13.3. The van der Waals surface area contributed by atoms with Gasteiger partial charge in [-0.1, -0.05) is 84.9 Å². The molecule has 4 aromatic carbocycles. The Labute approximate surface area is 297 Å². The number of anilines is 1. The Bertz CT molecular complexity index is 1910. The van der Waals surface area contributed by atoms with Crippen molar-refractivity contribution in [2.75, 3.05) is 37.6 Å². The number of aliphatic carboxylic acids is 2. The molecule has 1 fully saturated rings. The van der Waals surface area contributed by atoms with Gasteiger partial charge < -0.3 is 20.0 Å². The summed E-state index contributed by atoms with van der Waals surface area (Å²) >= 11 is 0. The quantitative estimate of drug-likeness (QED) is 0.126. The summed E-state index contributed by atoms with van der Waals surface area (Å²) < 4.78 is 0. The molecule has 0 aliphatic carbocycles. The van der Waals surface area contributed by atoms with E-state index in [2.05, 4.69) is 94.7 Å². The molecule has 2 N–H and O–H groups in total. The zero-order chi connectivity index (χ0) is 36.3. The zero-order valence-electron chi connectivity index (χ0n) is 29.0. The third kappa shape index (κ3) is 6.87. The van der Waals surface area contributed by atoms with E-state index in [4.69, 9.17) is 0 Å². The zero-order valence-corrected chi connectivity index (χ0v) is 29.0. The van der Waals surface area contributed by atoms with E-state index in [1.54, 1.807) is 24.8 Å². The van der Waals surface area contributed by atoms with Crippen LogP contribution in [0.1, 0.15) is 49.1 Å². The van der Waals surface area contributed by atoms with Crippen molar-refractivity contribution in [3.8, 4) is 0 Å². The van der Waals surface area contributed by atoms with Crippen molar-refractivity contribution in [2.45, 2.75) is 38.6 Å². The maximum Gasteiger partial charge on any atom is 0.334 e. The number of allylic oxidation sites excluding steroid dienone is 2. The summed E-state index contributed by atoms with van der Waals surface area (Å²) in [6.45, 7) is 8.81. The molecular formula is C41H42N4O6. The van der Waals surface area contributed by atoms with Gasteiger partial charge in [0.1, 0.15) is 0 Å². The Morgan fingerprint density at radius 3 is 1.78 bits per heavy atom. The Morgan fingerprint density at radius 2 is 1.29 bits per heavy atom. The maximum absolute atomic E-state index is 12.8. The van der Waals surface area contributed by atoms with Crippen LogP contribution in [0.3, 0.4) is 0 Å². The third-order valence-electron chi connectivity index (χ3n) is 10.4. The molecule has 0 amide bonds. The molecule has 2 aliphatic heterocycles. The highest BCUT2D eigenvalue weighted by molar-refractivity contribution is 6.00. The number of nitro groups is 1. The number of benzene rings is 4. The molecule has 0 aromatic heterocycles. The Hall–Kier alpha value is -5.74. The highest BCUT2D eigenvalue weighted by Crippen LogP contribution is 2.47. The van der Waals surface area contributed by atoms with Gasteiger partial charge in [-0.25, -0.2) is 9.59 Å². The van der Waals surface area contributed by atoms with Crippen LogP contribution in [0.25, 0.3) is 0 Å². The van der Waals surface area contributed by atoms with Gasteiger partial charge in [-0.05, 0) is 61.6 Å². The first-order chi connectivity index (χ1) is 24.5. The smallest absolute Gasteiger partial charge is 0.334 e. The summed E-state index contributed by atoms with van der Waals surface area (Å²) in [5.74, 6) is -2.55. The van der Waals surface area contributed by atoms with Gasteiger partial charge in [-0.15, -0.1) is 0 Å². The SMILES string of the molecule is CC1=C(C(=O)O)C(C)(c2cccc([N+](=O)[O-])c2)C(C(=O)O)=C(C)N1CCc1ccc(N2CCN(C(c3ccccc3)c3ccccc3)CC2)cc1. The normalized spacial score (nSPS) is 16.5. The van der Waals surface area contributed by atoms with Crippen molar-refractivity contribution in [3.05, 3.63) is 164 Å². The lowest BCUT2D eigenvalue weighted by molar-refractivity contribution is -0.385. The summed E-state index contributed by atoms with van der Waals surface area (Å²) in [6.07, 6.45) is 0.548. The van der Waals surface area contributed by atoms with E-state index in [-0.39, 0.29) is 28.4 Å². The number of rotatable bonds is 11. The van der Waals surface area contributed by atoms with Gasteiger partial charge in [-0.3, -0.25) is 15.0 Å². The number of carboxylic acid groups (broad SMARTS) is 2. The number of hydrogen-bond acceptors (Lipinski definition) is 7. The van der Waals surface area contributed by atoms with Crippen LogP contribution in [-0.4, -0.2) is 69.6 Å². The number of non-ortho nitro benzene ring substituents is 1. The molecule has 6 rings (SSSR count). The van der Waals surface area contributed by atoms with Crippen molar-refractivity contribution in [2.24, 2.45) is 0 Å². The first-order valence-electron chi connectivity index (χ1n) is 17.1. The number of hydrogen-bond donors (Lipinski definition) is 2. The lowest BCUT2D eigenvalue weighted by Gasteiger charge is -2.43. The summed E-state index contributed by atoms with van der Waals surface area (Å²) in [6, 6.07) is 35.4. The molecule has 0 radical (unpaired) electrons. The second-order valence-corrected chi connectivity index (χ2v) is 13.3. The van der Waals surface area contributed by atoms with Crippen LogP contribution in [0, 0.1) is 10.1 Å². The summed E-state index contributed by atoms with van der Waals surface area (Å²) in [5, 5.41) is 32.5. The fraction of sp³-hybridized carbons (Fsp3) is 0.268. The molecule has 4 aromatic rings. The number of piperazine rings is 1. The second kappa shape index (κ2) is 14.6. The number of carboxylic acids is 2. The molecule has 10 heteroatoms. The molecular weight excluding hydrogens is 644 g/mol. The van der Waals surface area contributed by atoms with Crippen LogP contribution in [0.4, 0.5) is 11.4 Å². The van der Waals surface area contributed by atoms with Crippen LogP contribution in [-0.2, 0) is 21.4 Å². The van der Waals surface area contributed by atoms with E-state index in [0.29, 0.717) is 24.4 Å². The predicted octanol–water partition coefficient (Wildman–Crippen LogP) is 7.04. The van der Waals surface area contributed by atoms with Crippen LogP contribution in [0.2, 0.25) is 0 Å². The summed E-state index contributed by atoms with van der Waals surface area (Å²) in [5.41, 5.74) is 3.66. The van der Waals surface area contributed by atoms with Gasteiger partial charge in [0.25, 0.3) is 5.69 Å². The minimum atomic E-state index is -1.62. The van der Waals surface area contributed by atoms with Gasteiger partial charge in [0.2, 0.25) is 0 Å². The van der Waals surface area contributed by atoms with Gasteiger partial charge in [0.15, 0.2) is 0 Å². The Kier molecular flexibility index (Phi) is 10.1. The van der Waals surface area contributed by atoms with Crippen molar-refractivity contribution < 1.29 is 24.7 Å². The lowest BCUT2D eigenvalue weighted by Crippen LogP contribution is -2.48. The van der Waals surface area contributed by atoms with Gasteiger partial charge in [0.05, 0.1) is 27.5 Å². The van der Waals surface area contributed by atoms with Crippen molar-refractivity contribution in [3.63, 3.8) is 0 Å². The summed E-state index contributed by atoms with van der Waals surface area (Å²) in [4.78, 5) is 43.3. The fourth-order valence-electron chi connectivity index (χ4n) is 7.90. The van der Waals surface area contributed by atoms with Crippen LogP contribution in [0.5, 0.6) is 0 Å². The van der Waals surface area contributed by atoms with E-state index in [0.717, 1.165) is 37.4 Å². The molecule has 2 heterocycles. The molecule has 0 atom stereocenters. The third-order valence-corrected chi connectivity index (χ3v) is 10.4. The highest BCUT2D eigenvalue weighted by atomic mass is 16.6. The van der Waals surface area contributed by atoms with Crippen LogP contribution in [0.15, 0.2) is 132 Å².